The van der Waals surface area contributed by atoms with Gasteiger partial charge in [-0.05, 0) is 66.6 Å². The van der Waals surface area contributed by atoms with Gasteiger partial charge in [0.05, 0.1) is 39.0 Å². The van der Waals surface area contributed by atoms with Crippen molar-refractivity contribution >= 4 is 67.3 Å². The lowest BCUT2D eigenvalue weighted by molar-refractivity contribution is -0.132. The van der Waals surface area contributed by atoms with Crippen molar-refractivity contribution in [1.82, 2.24) is 4.98 Å². The monoisotopic (exact) mass is 524 g/mol. The Morgan fingerprint density at radius 1 is 1.03 bits per heavy atom. The van der Waals surface area contributed by atoms with Crippen LogP contribution >= 0.6 is 34.5 Å². The van der Waals surface area contributed by atoms with Crippen LogP contribution in [0.15, 0.2) is 66.2 Å². The average molecular weight is 525 g/mol. The van der Waals surface area contributed by atoms with Crippen LogP contribution in [-0.2, 0) is 9.59 Å². The van der Waals surface area contributed by atoms with Crippen LogP contribution in [0.1, 0.15) is 22.7 Å². The number of nitrogens with zero attached hydrogens (tertiary/aromatic N) is 2. The lowest BCUT2D eigenvalue weighted by Crippen LogP contribution is -2.29. The summed E-state index contributed by atoms with van der Waals surface area (Å²) in [7, 11) is 1.53. The minimum Gasteiger partial charge on any atom is -0.507 e. The summed E-state index contributed by atoms with van der Waals surface area (Å²) in [5.74, 6) is -1.31. The molecule has 0 radical (unpaired) electrons. The van der Waals surface area contributed by atoms with Gasteiger partial charge in [-0.3, -0.25) is 14.5 Å². The zero-order valence-electron chi connectivity index (χ0n) is 18.6. The minimum absolute atomic E-state index is 0.0611. The average Bonchev–Trinajstić information content (AvgIpc) is 3.38. The summed E-state index contributed by atoms with van der Waals surface area (Å²) in [5.41, 5.74) is 2.59. The quantitative estimate of drug-likeness (QED) is 0.186. The van der Waals surface area contributed by atoms with E-state index in [2.05, 4.69) is 4.98 Å². The molecule has 35 heavy (non-hydrogen) atoms. The molecule has 3 aromatic carbocycles. The van der Waals surface area contributed by atoms with E-state index in [4.69, 9.17) is 27.9 Å². The predicted octanol–water partition coefficient (Wildman–Crippen LogP) is 6.55. The van der Waals surface area contributed by atoms with Gasteiger partial charge in [0.1, 0.15) is 11.5 Å². The standard InChI is InChI=1S/C26H18Cl2N2O4S/c1-13-3-10-19-20(11-13)35-26(29-19)30-22(15-6-9-17(27)18(28)12-15)21(24(32)25(30)33)23(31)14-4-7-16(34-2)8-5-14/h3-12,22,31H,1-2H3. The minimum atomic E-state index is -0.950. The number of Topliss-reactive ketones (excluding diaryl/α,β-unsaturated/α-hetero) is 1. The van der Waals surface area contributed by atoms with E-state index >= 15 is 0 Å². The normalized spacial score (nSPS) is 17.4. The van der Waals surface area contributed by atoms with E-state index in [1.165, 1.54) is 23.3 Å². The predicted molar refractivity (Wildman–Crippen MR) is 139 cm³/mol. The Balaban J connectivity index is 1.73. The van der Waals surface area contributed by atoms with Gasteiger partial charge in [0.15, 0.2) is 5.13 Å². The maximum Gasteiger partial charge on any atom is 0.301 e. The third-order valence-electron chi connectivity index (χ3n) is 5.81. The first-order valence-corrected chi connectivity index (χ1v) is 12.1. The molecule has 1 aromatic heterocycles. The number of aryl methyl sites for hydroxylation is 1. The second-order valence-corrected chi connectivity index (χ2v) is 9.86. The molecule has 1 atom stereocenters. The van der Waals surface area contributed by atoms with E-state index in [-0.39, 0.29) is 16.4 Å². The van der Waals surface area contributed by atoms with Crippen LogP contribution < -0.4 is 9.64 Å². The van der Waals surface area contributed by atoms with Crippen LogP contribution in [0.5, 0.6) is 5.75 Å². The maximum absolute atomic E-state index is 13.4. The topological polar surface area (TPSA) is 79.7 Å². The Morgan fingerprint density at radius 2 is 1.77 bits per heavy atom. The second kappa shape index (κ2) is 9.00. The number of aliphatic hydroxyl groups is 1. The van der Waals surface area contributed by atoms with Crippen LogP contribution in [0.4, 0.5) is 5.13 Å². The highest BCUT2D eigenvalue weighted by molar-refractivity contribution is 7.22. The van der Waals surface area contributed by atoms with Crippen molar-refractivity contribution in [3.63, 3.8) is 0 Å². The van der Waals surface area contributed by atoms with E-state index < -0.39 is 17.7 Å². The number of aromatic nitrogens is 1. The number of ketones is 1. The van der Waals surface area contributed by atoms with Crippen LogP contribution in [0, 0.1) is 6.92 Å². The molecule has 1 amide bonds. The van der Waals surface area contributed by atoms with Gasteiger partial charge in [0.25, 0.3) is 5.78 Å². The third kappa shape index (κ3) is 4.05. The van der Waals surface area contributed by atoms with Crippen molar-refractivity contribution in [2.45, 2.75) is 13.0 Å². The second-order valence-electron chi connectivity index (χ2n) is 8.04. The van der Waals surface area contributed by atoms with Gasteiger partial charge in [-0.1, -0.05) is 46.7 Å². The Labute approximate surface area is 215 Å². The summed E-state index contributed by atoms with van der Waals surface area (Å²) >= 11 is 13.7. The number of halogens is 2. The Bertz CT molecular complexity index is 1530. The van der Waals surface area contributed by atoms with Crippen LogP contribution in [0.3, 0.4) is 0 Å². The molecule has 1 aliphatic rings. The number of fused-ring (bicyclic) bond motifs is 1. The van der Waals surface area contributed by atoms with Crippen molar-refractivity contribution in [2.24, 2.45) is 0 Å². The lowest BCUT2D eigenvalue weighted by Gasteiger charge is -2.23. The first kappa shape index (κ1) is 23.4. The highest BCUT2D eigenvalue weighted by atomic mass is 35.5. The van der Waals surface area contributed by atoms with Crippen LogP contribution in [0.25, 0.3) is 16.0 Å². The number of carbonyl (C=O) groups excluding carboxylic acids is 2. The van der Waals surface area contributed by atoms with Gasteiger partial charge in [-0.15, -0.1) is 0 Å². The number of ether oxygens (including phenoxy) is 1. The summed E-state index contributed by atoms with van der Waals surface area (Å²) in [6.45, 7) is 1.97. The molecule has 9 heteroatoms. The highest BCUT2D eigenvalue weighted by Crippen LogP contribution is 2.45. The summed E-state index contributed by atoms with van der Waals surface area (Å²) in [6, 6.07) is 16.2. The van der Waals surface area contributed by atoms with Crippen molar-refractivity contribution in [2.75, 3.05) is 12.0 Å². The van der Waals surface area contributed by atoms with Gasteiger partial charge in [0.2, 0.25) is 0 Å². The molecule has 176 valence electrons. The molecule has 4 aromatic rings. The van der Waals surface area contributed by atoms with Crippen LogP contribution in [0.2, 0.25) is 10.0 Å². The molecular weight excluding hydrogens is 507 g/mol. The molecular formula is C26H18Cl2N2O4S. The molecule has 0 spiro atoms. The smallest absolute Gasteiger partial charge is 0.301 e. The highest BCUT2D eigenvalue weighted by Gasteiger charge is 2.48. The van der Waals surface area contributed by atoms with Gasteiger partial charge in [-0.25, -0.2) is 4.98 Å². The first-order chi connectivity index (χ1) is 16.8. The number of methoxy groups -OCH3 is 1. The van der Waals surface area contributed by atoms with E-state index in [1.54, 1.807) is 42.5 Å². The first-order valence-electron chi connectivity index (χ1n) is 10.6. The molecule has 1 fully saturated rings. The van der Waals surface area contributed by atoms with Gasteiger partial charge < -0.3 is 9.84 Å². The third-order valence-corrected chi connectivity index (χ3v) is 7.56. The molecule has 2 heterocycles. The number of hydrogen-bond acceptors (Lipinski definition) is 6. The number of benzene rings is 3. The summed E-state index contributed by atoms with van der Waals surface area (Å²) in [5, 5.41) is 12.2. The SMILES string of the molecule is COc1ccc(C(O)=C2C(=O)C(=O)N(c3nc4ccc(C)cc4s3)C2c2ccc(Cl)c(Cl)c2)cc1. The Kier molecular flexibility index (Phi) is 6.01. The number of rotatable bonds is 4. The number of aliphatic hydroxyl groups excluding tert-OH is 1. The molecule has 6 nitrogen and oxygen atoms in total. The molecule has 0 aliphatic carbocycles. The van der Waals surface area contributed by atoms with Crippen molar-refractivity contribution < 1.29 is 19.4 Å². The Hall–Kier alpha value is -3.39. The molecule has 1 unspecified atom stereocenters. The molecule has 1 aliphatic heterocycles. The van der Waals surface area contributed by atoms with Crippen molar-refractivity contribution in [3.05, 3.63) is 93.0 Å². The number of carbonyl (C=O) groups is 2. The van der Waals surface area contributed by atoms with Crippen molar-refractivity contribution in [1.29, 1.82) is 0 Å². The summed E-state index contributed by atoms with van der Waals surface area (Å²) in [6.07, 6.45) is 0. The Morgan fingerprint density at radius 3 is 2.46 bits per heavy atom. The van der Waals surface area contributed by atoms with E-state index in [1.807, 2.05) is 25.1 Å². The number of thiazole rings is 1. The molecule has 5 rings (SSSR count). The van der Waals surface area contributed by atoms with Gasteiger partial charge in [0, 0.05) is 5.56 Å². The van der Waals surface area contributed by atoms with E-state index in [9.17, 15) is 14.7 Å². The lowest BCUT2D eigenvalue weighted by atomic mass is 9.95. The summed E-state index contributed by atoms with van der Waals surface area (Å²) in [4.78, 5) is 32.6. The summed E-state index contributed by atoms with van der Waals surface area (Å²) < 4.78 is 6.06. The van der Waals surface area contributed by atoms with Gasteiger partial charge in [-0.2, -0.15) is 0 Å². The van der Waals surface area contributed by atoms with E-state index in [0.29, 0.717) is 32.5 Å². The zero-order chi connectivity index (χ0) is 24.9. The van der Waals surface area contributed by atoms with Gasteiger partial charge >= 0.3 is 5.91 Å². The fraction of sp³-hybridized carbons (Fsp3) is 0.115. The fourth-order valence-corrected chi connectivity index (χ4v) is 5.45. The zero-order valence-corrected chi connectivity index (χ0v) is 20.9. The number of anilines is 1. The fourth-order valence-electron chi connectivity index (χ4n) is 4.05. The number of hydrogen-bond donors (Lipinski definition) is 1. The number of amides is 1. The largest absolute Gasteiger partial charge is 0.507 e. The van der Waals surface area contributed by atoms with E-state index in [0.717, 1.165) is 10.3 Å². The molecule has 1 saturated heterocycles. The molecule has 1 N–H and O–H groups in total. The molecule has 0 saturated carbocycles. The van der Waals surface area contributed by atoms with Crippen molar-refractivity contribution in [3.8, 4) is 5.75 Å². The van der Waals surface area contributed by atoms with Crippen LogP contribution in [-0.4, -0.2) is 28.9 Å². The maximum atomic E-state index is 13.4. The molecule has 0 bridgehead atoms.